The van der Waals surface area contributed by atoms with Gasteiger partial charge in [-0.05, 0) is 43.0 Å². The van der Waals surface area contributed by atoms with Gasteiger partial charge in [0.1, 0.15) is 0 Å². The molecule has 0 atom stereocenters. The number of carbonyl (C=O) groups excluding carboxylic acids is 1. The van der Waals surface area contributed by atoms with Crippen LogP contribution in [-0.4, -0.2) is 17.2 Å². The molecule has 1 aromatic carbocycles. The second-order valence-electron chi connectivity index (χ2n) is 4.00. The monoisotopic (exact) mass is 223 g/mol. The van der Waals surface area contributed by atoms with Crippen LogP contribution in [-0.2, 0) is 6.54 Å². The van der Waals surface area contributed by atoms with Crippen LogP contribution in [0.25, 0.3) is 0 Å². The van der Waals surface area contributed by atoms with Gasteiger partial charge in [0.05, 0.1) is 0 Å². The highest BCUT2D eigenvalue weighted by molar-refractivity contribution is 7.96. The fourth-order valence-corrected chi connectivity index (χ4v) is 1.58. The number of hydrogen-bond donors (Lipinski definition) is 1. The maximum absolute atomic E-state index is 11.0. The minimum Gasteiger partial charge on any atom is -0.333 e. The van der Waals surface area contributed by atoms with E-state index in [1.54, 1.807) is 11.9 Å². The number of aryl methyl sites for hydroxylation is 3. The first-order chi connectivity index (χ1) is 6.91. The molecule has 0 saturated heterocycles. The highest BCUT2D eigenvalue weighted by Crippen LogP contribution is 2.17. The normalized spacial score (nSPS) is 10.2. The van der Waals surface area contributed by atoms with Gasteiger partial charge in [0.2, 0.25) is 0 Å². The fraction of sp³-hybridized carbons (Fsp3) is 0.417. The predicted octanol–water partition coefficient (Wildman–Crippen LogP) is 3.09. The largest absolute Gasteiger partial charge is 0.333 e. The molecular weight excluding hydrogens is 206 g/mol. The molecule has 15 heavy (non-hydrogen) atoms. The van der Waals surface area contributed by atoms with E-state index in [0.29, 0.717) is 6.54 Å². The molecule has 1 aromatic rings. The highest BCUT2D eigenvalue weighted by atomic mass is 32.1. The van der Waals surface area contributed by atoms with E-state index in [1.165, 1.54) is 22.3 Å². The zero-order valence-corrected chi connectivity index (χ0v) is 10.6. The lowest BCUT2D eigenvalue weighted by atomic mass is 10.0. The second kappa shape index (κ2) is 4.71. The van der Waals surface area contributed by atoms with Crippen molar-refractivity contribution in [2.24, 2.45) is 0 Å². The lowest BCUT2D eigenvalue weighted by Crippen LogP contribution is -2.20. The van der Waals surface area contributed by atoms with Crippen molar-refractivity contribution in [3.05, 3.63) is 34.4 Å². The summed E-state index contributed by atoms with van der Waals surface area (Å²) in [6, 6.07) is 4.29. The van der Waals surface area contributed by atoms with Crippen molar-refractivity contribution in [2.75, 3.05) is 7.05 Å². The van der Waals surface area contributed by atoms with Gasteiger partial charge in [0.15, 0.2) is 0 Å². The van der Waals surface area contributed by atoms with Crippen LogP contribution in [0.3, 0.4) is 0 Å². The van der Waals surface area contributed by atoms with Crippen molar-refractivity contribution in [3.8, 4) is 0 Å². The second-order valence-corrected chi connectivity index (χ2v) is 4.38. The fourth-order valence-electron chi connectivity index (χ4n) is 1.51. The Bertz CT molecular complexity index is 387. The Morgan fingerprint density at radius 1 is 1.20 bits per heavy atom. The molecule has 1 amide bonds. The molecule has 0 bridgehead atoms. The number of amides is 1. The molecule has 0 fully saturated rings. The van der Waals surface area contributed by atoms with E-state index in [4.69, 9.17) is 0 Å². The van der Waals surface area contributed by atoms with Gasteiger partial charge in [-0.1, -0.05) is 24.8 Å². The lowest BCUT2D eigenvalue weighted by molar-refractivity contribution is 0.232. The molecule has 0 spiro atoms. The molecule has 0 aliphatic carbocycles. The Labute approximate surface area is 96.7 Å². The smallest absolute Gasteiger partial charge is 0.278 e. The van der Waals surface area contributed by atoms with Crippen molar-refractivity contribution < 1.29 is 4.79 Å². The summed E-state index contributed by atoms with van der Waals surface area (Å²) in [7, 11) is 1.75. The van der Waals surface area contributed by atoms with Crippen LogP contribution >= 0.6 is 12.6 Å². The van der Waals surface area contributed by atoms with Gasteiger partial charge >= 0.3 is 0 Å². The van der Waals surface area contributed by atoms with E-state index < -0.39 is 0 Å². The molecule has 0 aromatic heterocycles. The van der Waals surface area contributed by atoms with Crippen LogP contribution in [0.2, 0.25) is 0 Å². The molecule has 0 aliphatic heterocycles. The van der Waals surface area contributed by atoms with E-state index in [9.17, 15) is 4.79 Å². The molecule has 0 saturated carbocycles. The number of benzene rings is 1. The van der Waals surface area contributed by atoms with E-state index in [2.05, 4.69) is 45.5 Å². The number of thiol groups is 1. The van der Waals surface area contributed by atoms with Crippen molar-refractivity contribution in [1.29, 1.82) is 0 Å². The van der Waals surface area contributed by atoms with Gasteiger partial charge in [-0.2, -0.15) is 0 Å². The van der Waals surface area contributed by atoms with Crippen molar-refractivity contribution in [1.82, 2.24) is 4.90 Å². The number of carbonyl (C=O) groups is 1. The zero-order chi connectivity index (χ0) is 11.6. The summed E-state index contributed by atoms with van der Waals surface area (Å²) in [6.45, 7) is 6.87. The standard InChI is InChI=1S/C12H17NOS/c1-8-5-10(3)11(6-9(8)2)7-13(4)12(14)15/h5-6H,7H2,1-4H3,(H,14,15). The Kier molecular flexibility index (Phi) is 3.80. The maximum atomic E-state index is 11.0. The van der Waals surface area contributed by atoms with Crippen LogP contribution in [0.15, 0.2) is 12.1 Å². The van der Waals surface area contributed by atoms with Crippen LogP contribution in [0, 0.1) is 20.8 Å². The molecule has 0 N–H and O–H groups in total. The predicted molar refractivity (Wildman–Crippen MR) is 66.5 cm³/mol. The van der Waals surface area contributed by atoms with Crippen molar-refractivity contribution in [2.45, 2.75) is 27.3 Å². The number of nitrogens with zero attached hydrogens (tertiary/aromatic N) is 1. The third-order valence-corrected chi connectivity index (χ3v) is 3.03. The summed E-state index contributed by atoms with van der Waals surface area (Å²) < 4.78 is 0. The van der Waals surface area contributed by atoms with E-state index >= 15 is 0 Å². The number of hydrogen-bond acceptors (Lipinski definition) is 1. The molecule has 0 heterocycles. The summed E-state index contributed by atoms with van der Waals surface area (Å²) in [4.78, 5) is 12.6. The number of rotatable bonds is 2. The molecule has 1 rings (SSSR count). The van der Waals surface area contributed by atoms with Gasteiger partial charge in [0, 0.05) is 13.6 Å². The maximum Gasteiger partial charge on any atom is 0.278 e. The summed E-state index contributed by atoms with van der Waals surface area (Å²) in [5.41, 5.74) is 4.95. The first kappa shape index (κ1) is 12.1. The van der Waals surface area contributed by atoms with Gasteiger partial charge in [-0.3, -0.25) is 4.79 Å². The van der Waals surface area contributed by atoms with Crippen LogP contribution in [0.5, 0.6) is 0 Å². The Morgan fingerprint density at radius 3 is 2.27 bits per heavy atom. The average Bonchev–Trinajstić information content (AvgIpc) is 2.13. The molecule has 0 unspecified atom stereocenters. The van der Waals surface area contributed by atoms with Gasteiger partial charge < -0.3 is 4.90 Å². The highest BCUT2D eigenvalue weighted by Gasteiger charge is 2.07. The lowest BCUT2D eigenvalue weighted by Gasteiger charge is -2.17. The summed E-state index contributed by atoms with van der Waals surface area (Å²) in [5.74, 6) is 0. The van der Waals surface area contributed by atoms with E-state index in [1.807, 2.05) is 0 Å². The molecular formula is C12H17NOS. The minimum atomic E-state index is -0.201. The summed E-state index contributed by atoms with van der Waals surface area (Å²) in [6.07, 6.45) is 0. The zero-order valence-electron chi connectivity index (χ0n) is 9.66. The first-order valence-electron chi connectivity index (χ1n) is 4.92. The van der Waals surface area contributed by atoms with Crippen molar-refractivity contribution in [3.63, 3.8) is 0 Å². The first-order valence-corrected chi connectivity index (χ1v) is 5.37. The molecule has 82 valence electrons. The molecule has 2 nitrogen and oxygen atoms in total. The van der Waals surface area contributed by atoms with E-state index in [-0.39, 0.29) is 5.24 Å². The van der Waals surface area contributed by atoms with Gasteiger partial charge in [0.25, 0.3) is 5.24 Å². The third kappa shape index (κ3) is 2.99. The van der Waals surface area contributed by atoms with Crippen molar-refractivity contribution >= 4 is 17.9 Å². The van der Waals surface area contributed by atoms with Gasteiger partial charge in [-0.25, -0.2) is 0 Å². The minimum absolute atomic E-state index is 0.201. The van der Waals surface area contributed by atoms with Crippen LogP contribution in [0.1, 0.15) is 22.3 Å². The third-order valence-electron chi connectivity index (χ3n) is 2.69. The molecule has 3 heteroatoms. The Hall–Kier alpha value is -0.960. The SMILES string of the molecule is Cc1cc(C)c(CN(C)C(=O)S)cc1C. The van der Waals surface area contributed by atoms with Crippen LogP contribution in [0.4, 0.5) is 4.79 Å². The summed E-state index contributed by atoms with van der Waals surface area (Å²) in [5, 5.41) is -0.201. The molecule has 0 aliphatic rings. The average molecular weight is 223 g/mol. The van der Waals surface area contributed by atoms with E-state index in [0.717, 1.165) is 0 Å². The van der Waals surface area contributed by atoms with Crippen LogP contribution < -0.4 is 0 Å². The summed E-state index contributed by atoms with van der Waals surface area (Å²) >= 11 is 3.79. The Balaban J connectivity index is 2.95. The topological polar surface area (TPSA) is 20.3 Å². The van der Waals surface area contributed by atoms with Gasteiger partial charge in [-0.15, -0.1) is 0 Å². The quantitative estimate of drug-likeness (QED) is 0.764. The Morgan fingerprint density at radius 2 is 1.73 bits per heavy atom. The molecule has 0 radical (unpaired) electrons.